The van der Waals surface area contributed by atoms with Crippen LogP contribution in [-0.4, -0.2) is 41.2 Å². The second-order valence-electron chi connectivity index (χ2n) is 8.65. The first-order valence-corrected chi connectivity index (χ1v) is 12.4. The van der Waals surface area contributed by atoms with E-state index in [9.17, 15) is 19.2 Å². The summed E-state index contributed by atoms with van der Waals surface area (Å²) in [7, 11) is 0. The number of esters is 1. The molecule has 4 rings (SSSR count). The van der Waals surface area contributed by atoms with Gasteiger partial charge in [0.05, 0.1) is 18.5 Å². The van der Waals surface area contributed by atoms with E-state index in [4.69, 9.17) is 27.9 Å². The van der Waals surface area contributed by atoms with Crippen molar-refractivity contribution < 1.29 is 23.9 Å². The SMILES string of the molecule is CC(=O)Oc1ccc(N2C(=O)CC(N(CCc3cccc(Cl)c3)C(=O)Cc3ccc(Cl)cc3)C2=O)cc1. The fraction of sp³-hybridized carbons (Fsp3) is 0.214. The molecule has 1 unspecified atom stereocenters. The van der Waals surface area contributed by atoms with Crippen molar-refractivity contribution in [3.05, 3.63) is 94.0 Å². The molecule has 0 radical (unpaired) electrons. The first-order valence-electron chi connectivity index (χ1n) is 11.6. The average molecular weight is 539 g/mol. The van der Waals surface area contributed by atoms with Crippen LogP contribution in [-0.2, 0) is 32.0 Å². The molecule has 0 bridgehead atoms. The maximum atomic E-state index is 13.5. The molecular formula is C28H24Cl2N2O5. The Hall–Kier alpha value is -3.68. The summed E-state index contributed by atoms with van der Waals surface area (Å²) in [4.78, 5) is 53.6. The number of hydrogen-bond acceptors (Lipinski definition) is 5. The van der Waals surface area contributed by atoms with Crippen LogP contribution in [0.1, 0.15) is 24.5 Å². The van der Waals surface area contributed by atoms with Crippen molar-refractivity contribution in [2.24, 2.45) is 0 Å². The lowest BCUT2D eigenvalue weighted by Crippen LogP contribution is -2.47. The Balaban J connectivity index is 1.57. The van der Waals surface area contributed by atoms with Gasteiger partial charge in [-0.3, -0.25) is 19.2 Å². The molecule has 0 spiro atoms. The minimum atomic E-state index is -0.945. The van der Waals surface area contributed by atoms with Gasteiger partial charge in [0, 0.05) is 23.5 Å². The lowest BCUT2D eigenvalue weighted by Gasteiger charge is -2.28. The van der Waals surface area contributed by atoms with Crippen molar-refractivity contribution in [3.63, 3.8) is 0 Å². The summed E-state index contributed by atoms with van der Waals surface area (Å²) < 4.78 is 5.02. The fourth-order valence-electron chi connectivity index (χ4n) is 4.23. The van der Waals surface area contributed by atoms with Crippen LogP contribution in [0.25, 0.3) is 0 Å². The highest BCUT2D eigenvalue weighted by molar-refractivity contribution is 6.30. The van der Waals surface area contributed by atoms with Crippen molar-refractivity contribution in [1.29, 1.82) is 0 Å². The van der Waals surface area contributed by atoms with Crippen LogP contribution in [0.15, 0.2) is 72.8 Å². The van der Waals surface area contributed by atoms with E-state index in [2.05, 4.69) is 0 Å². The van der Waals surface area contributed by atoms with E-state index in [1.807, 2.05) is 18.2 Å². The summed E-state index contributed by atoms with van der Waals surface area (Å²) in [5.41, 5.74) is 2.00. The summed E-state index contributed by atoms with van der Waals surface area (Å²) in [5.74, 6) is -1.35. The third-order valence-corrected chi connectivity index (χ3v) is 6.46. The number of ether oxygens (including phenoxy) is 1. The van der Waals surface area contributed by atoms with Crippen LogP contribution in [0.3, 0.4) is 0 Å². The van der Waals surface area contributed by atoms with Gasteiger partial charge in [-0.15, -0.1) is 0 Å². The predicted octanol–water partition coefficient (Wildman–Crippen LogP) is 4.86. The van der Waals surface area contributed by atoms with Gasteiger partial charge < -0.3 is 9.64 Å². The Morgan fingerprint density at radius 2 is 1.65 bits per heavy atom. The van der Waals surface area contributed by atoms with Crippen LogP contribution in [0.4, 0.5) is 5.69 Å². The largest absolute Gasteiger partial charge is 0.427 e. The topological polar surface area (TPSA) is 84.0 Å². The molecule has 3 aromatic rings. The highest BCUT2D eigenvalue weighted by Gasteiger charge is 2.44. The number of carbonyl (C=O) groups excluding carboxylic acids is 4. The Morgan fingerprint density at radius 3 is 2.30 bits per heavy atom. The third kappa shape index (κ3) is 6.56. The monoisotopic (exact) mass is 538 g/mol. The maximum Gasteiger partial charge on any atom is 0.308 e. The van der Waals surface area contributed by atoms with Gasteiger partial charge in [-0.1, -0.05) is 47.5 Å². The van der Waals surface area contributed by atoms with Gasteiger partial charge in [-0.05, 0) is 66.1 Å². The normalized spacial score (nSPS) is 15.1. The minimum absolute atomic E-state index is 0.0573. The first kappa shape index (κ1) is 26.4. The maximum absolute atomic E-state index is 13.5. The van der Waals surface area contributed by atoms with Crippen molar-refractivity contribution in [3.8, 4) is 5.75 Å². The van der Waals surface area contributed by atoms with E-state index in [0.29, 0.717) is 27.9 Å². The second-order valence-corrected chi connectivity index (χ2v) is 9.52. The molecule has 1 heterocycles. The number of halogens is 2. The van der Waals surface area contributed by atoms with Crippen molar-refractivity contribution in [1.82, 2.24) is 4.90 Å². The zero-order chi connectivity index (χ0) is 26.5. The van der Waals surface area contributed by atoms with Crippen LogP contribution in [0.2, 0.25) is 10.0 Å². The highest BCUT2D eigenvalue weighted by Crippen LogP contribution is 2.28. The molecular weight excluding hydrogens is 515 g/mol. The second kappa shape index (κ2) is 11.6. The molecule has 0 aliphatic carbocycles. The van der Waals surface area contributed by atoms with E-state index in [-0.39, 0.29) is 25.3 Å². The van der Waals surface area contributed by atoms with Gasteiger partial charge in [-0.2, -0.15) is 0 Å². The van der Waals surface area contributed by atoms with Gasteiger partial charge in [0.2, 0.25) is 11.8 Å². The van der Waals surface area contributed by atoms with E-state index >= 15 is 0 Å². The number of carbonyl (C=O) groups is 4. The molecule has 0 N–H and O–H groups in total. The molecule has 1 fully saturated rings. The Morgan fingerprint density at radius 1 is 0.946 bits per heavy atom. The summed E-state index contributed by atoms with van der Waals surface area (Å²) >= 11 is 12.1. The molecule has 1 atom stereocenters. The number of nitrogens with zero attached hydrogens (tertiary/aromatic N) is 2. The molecule has 7 nitrogen and oxygen atoms in total. The summed E-state index contributed by atoms with van der Waals surface area (Å²) in [6, 6.07) is 19.3. The molecule has 37 heavy (non-hydrogen) atoms. The average Bonchev–Trinajstić information content (AvgIpc) is 3.14. The molecule has 3 aromatic carbocycles. The molecule has 9 heteroatoms. The van der Waals surface area contributed by atoms with Crippen LogP contribution in [0, 0.1) is 0 Å². The summed E-state index contributed by atoms with van der Waals surface area (Å²) in [5, 5.41) is 1.13. The first-order chi connectivity index (χ1) is 17.7. The number of amides is 3. The zero-order valence-corrected chi connectivity index (χ0v) is 21.5. The molecule has 1 aliphatic heterocycles. The predicted molar refractivity (Wildman–Crippen MR) is 141 cm³/mol. The van der Waals surface area contributed by atoms with Gasteiger partial charge in [0.1, 0.15) is 11.8 Å². The van der Waals surface area contributed by atoms with E-state index in [0.717, 1.165) is 16.0 Å². The summed E-state index contributed by atoms with van der Waals surface area (Å²) in [6.07, 6.45) is 0.385. The lowest BCUT2D eigenvalue weighted by molar-refractivity contribution is -0.137. The number of rotatable bonds is 8. The fourth-order valence-corrected chi connectivity index (χ4v) is 4.57. The van der Waals surface area contributed by atoms with E-state index in [1.54, 1.807) is 30.3 Å². The smallest absolute Gasteiger partial charge is 0.308 e. The highest BCUT2D eigenvalue weighted by atomic mass is 35.5. The molecule has 190 valence electrons. The van der Waals surface area contributed by atoms with Gasteiger partial charge >= 0.3 is 5.97 Å². The van der Waals surface area contributed by atoms with Crippen molar-refractivity contribution in [2.75, 3.05) is 11.4 Å². The summed E-state index contributed by atoms with van der Waals surface area (Å²) in [6.45, 7) is 1.51. The number of imide groups is 1. The molecule has 3 amide bonds. The third-order valence-electron chi connectivity index (χ3n) is 5.97. The Kier molecular flexibility index (Phi) is 8.26. The molecule has 0 saturated carbocycles. The van der Waals surface area contributed by atoms with Crippen molar-refractivity contribution in [2.45, 2.75) is 32.2 Å². The van der Waals surface area contributed by atoms with Crippen molar-refractivity contribution >= 4 is 52.6 Å². The minimum Gasteiger partial charge on any atom is -0.427 e. The van der Waals surface area contributed by atoms with Gasteiger partial charge in [0.25, 0.3) is 5.91 Å². The lowest BCUT2D eigenvalue weighted by atomic mass is 10.1. The standard InChI is InChI=1S/C28H24Cl2N2O5/c1-18(33)37-24-11-9-23(10-12-24)32-27(35)17-25(28(32)36)31(14-13-19-3-2-4-22(30)15-19)26(34)16-20-5-7-21(29)8-6-20/h2-12,15,25H,13-14,16-17H2,1H3. The van der Waals surface area contributed by atoms with Gasteiger partial charge in [-0.25, -0.2) is 4.90 Å². The molecule has 1 saturated heterocycles. The van der Waals surface area contributed by atoms with E-state index < -0.39 is 23.8 Å². The number of anilines is 1. The zero-order valence-electron chi connectivity index (χ0n) is 20.0. The van der Waals surface area contributed by atoms with E-state index in [1.165, 1.54) is 36.1 Å². The molecule has 1 aliphatic rings. The Bertz CT molecular complexity index is 1330. The number of hydrogen-bond donors (Lipinski definition) is 0. The van der Waals surface area contributed by atoms with Crippen LogP contribution >= 0.6 is 23.2 Å². The number of benzene rings is 3. The Labute approximate surface area is 224 Å². The van der Waals surface area contributed by atoms with Gasteiger partial charge in [0.15, 0.2) is 0 Å². The van der Waals surface area contributed by atoms with Crippen LogP contribution < -0.4 is 9.64 Å². The molecule has 0 aromatic heterocycles. The van der Waals surface area contributed by atoms with Crippen LogP contribution in [0.5, 0.6) is 5.75 Å². The quantitative estimate of drug-likeness (QED) is 0.232.